The summed E-state index contributed by atoms with van der Waals surface area (Å²) in [6.45, 7) is 0.784. The zero-order valence-electron chi connectivity index (χ0n) is 17.4. The zero-order chi connectivity index (χ0) is 21.9. The van der Waals surface area contributed by atoms with Crippen molar-refractivity contribution < 1.29 is 10.2 Å². The highest BCUT2D eigenvalue weighted by atomic mass is 32.1. The van der Waals surface area contributed by atoms with E-state index in [1.165, 1.54) is 4.88 Å². The summed E-state index contributed by atoms with van der Waals surface area (Å²) in [7, 11) is 0. The van der Waals surface area contributed by atoms with Gasteiger partial charge in [0, 0.05) is 47.0 Å². The van der Waals surface area contributed by atoms with Crippen LogP contribution in [-0.2, 0) is 6.54 Å². The zero-order valence-corrected chi connectivity index (χ0v) is 18.2. The number of fused-ring (bicyclic) bond motifs is 2. The number of nitrogens with one attached hydrogen (secondary N) is 3. The second-order valence-corrected chi connectivity index (χ2v) is 8.81. The highest BCUT2D eigenvalue weighted by molar-refractivity contribution is 7.22. The van der Waals surface area contributed by atoms with E-state index < -0.39 is 6.10 Å². The normalized spacial score (nSPS) is 12.4. The number of aliphatic hydroxyl groups is 2. The van der Waals surface area contributed by atoms with Gasteiger partial charge >= 0.3 is 0 Å². The van der Waals surface area contributed by atoms with Gasteiger partial charge in [-0.15, -0.1) is 11.3 Å². The van der Waals surface area contributed by atoms with Crippen molar-refractivity contribution in [2.24, 2.45) is 0 Å². The Morgan fingerprint density at radius 1 is 1.00 bits per heavy atom. The van der Waals surface area contributed by atoms with Crippen LogP contribution >= 0.6 is 11.3 Å². The lowest BCUT2D eigenvalue weighted by Gasteiger charge is -2.09. The number of H-pyrrole nitrogens is 1. The molecule has 2 aromatic carbocycles. The predicted molar refractivity (Wildman–Crippen MR) is 131 cm³/mol. The van der Waals surface area contributed by atoms with Crippen LogP contribution in [0, 0.1) is 0 Å². The van der Waals surface area contributed by atoms with Crippen LogP contribution in [0.15, 0.2) is 73.1 Å². The summed E-state index contributed by atoms with van der Waals surface area (Å²) < 4.78 is 1.13. The first kappa shape index (κ1) is 20.7. The number of pyridine rings is 1. The van der Waals surface area contributed by atoms with Crippen LogP contribution in [0.25, 0.3) is 31.4 Å². The van der Waals surface area contributed by atoms with Gasteiger partial charge in [0.15, 0.2) is 0 Å². The summed E-state index contributed by atoms with van der Waals surface area (Å²) in [5.74, 6) is 0.858. The number of anilines is 2. The number of aromatic amines is 1. The average Bonchev–Trinajstić information content (AvgIpc) is 3.46. The van der Waals surface area contributed by atoms with Crippen molar-refractivity contribution >= 4 is 43.8 Å². The van der Waals surface area contributed by atoms with E-state index in [1.54, 1.807) is 11.3 Å². The minimum atomic E-state index is -0.728. The molecule has 162 valence electrons. The van der Waals surface area contributed by atoms with Gasteiger partial charge in [-0.05, 0) is 52.9 Å². The Morgan fingerprint density at radius 3 is 2.72 bits per heavy atom. The lowest BCUT2D eigenvalue weighted by molar-refractivity contribution is 0.0942. The van der Waals surface area contributed by atoms with Crippen LogP contribution in [0.4, 0.5) is 11.5 Å². The van der Waals surface area contributed by atoms with Gasteiger partial charge < -0.3 is 25.8 Å². The van der Waals surface area contributed by atoms with Gasteiger partial charge in [-0.2, -0.15) is 0 Å². The smallest absolute Gasteiger partial charge is 0.148 e. The molecule has 0 radical (unpaired) electrons. The second-order valence-electron chi connectivity index (χ2n) is 7.76. The third kappa shape index (κ3) is 4.37. The molecule has 0 spiro atoms. The van der Waals surface area contributed by atoms with Crippen LogP contribution < -0.4 is 10.6 Å². The van der Waals surface area contributed by atoms with Gasteiger partial charge in [0.1, 0.15) is 5.82 Å². The number of hydrogen-bond acceptors (Lipinski definition) is 6. The summed E-state index contributed by atoms with van der Waals surface area (Å²) >= 11 is 1.72. The Morgan fingerprint density at radius 2 is 1.88 bits per heavy atom. The van der Waals surface area contributed by atoms with E-state index in [9.17, 15) is 5.11 Å². The first-order chi connectivity index (χ1) is 15.7. The molecule has 0 aliphatic heterocycles. The minimum Gasteiger partial charge on any atom is -0.394 e. The fraction of sp³-hybridized carbons (Fsp3) is 0.160. The maximum atomic E-state index is 9.43. The van der Waals surface area contributed by atoms with E-state index in [0.717, 1.165) is 43.6 Å². The molecule has 0 aliphatic carbocycles. The Hall–Kier alpha value is -3.23. The molecule has 0 fully saturated rings. The molecule has 0 bridgehead atoms. The van der Waals surface area contributed by atoms with Crippen molar-refractivity contribution in [3.63, 3.8) is 0 Å². The molecule has 0 amide bonds. The third-order valence-corrected chi connectivity index (χ3v) is 6.61. The van der Waals surface area contributed by atoms with Crippen molar-refractivity contribution in [2.75, 3.05) is 18.5 Å². The number of aliphatic hydroxyl groups excluding tert-OH is 2. The summed E-state index contributed by atoms with van der Waals surface area (Å²) in [5.41, 5.74) is 4.41. The fourth-order valence-corrected chi connectivity index (χ4v) is 4.80. The highest BCUT2D eigenvalue weighted by Gasteiger charge is 2.10. The number of aromatic nitrogens is 2. The molecule has 0 saturated carbocycles. The van der Waals surface area contributed by atoms with Crippen molar-refractivity contribution in [3.05, 3.63) is 78.6 Å². The van der Waals surface area contributed by atoms with Gasteiger partial charge in [0.25, 0.3) is 0 Å². The van der Waals surface area contributed by atoms with Gasteiger partial charge in [0.2, 0.25) is 0 Å². The molecule has 5 N–H and O–H groups in total. The third-order valence-electron chi connectivity index (χ3n) is 5.41. The Balaban J connectivity index is 1.35. The molecule has 1 atom stereocenters. The van der Waals surface area contributed by atoms with Crippen molar-refractivity contribution in [2.45, 2.75) is 12.6 Å². The van der Waals surface area contributed by atoms with Crippen LogP contribution in [0.3, 0.4) is 0 Å². The Kier molecular flexibility index (Phi) is 5.87. The molecule has 6 nitrogen and oxygen atoms in total. The fourth-order valence-electron chi connectivity index (χ4n) is 3.70. The average molecular weight is 445 g/mol. The lowest BCUT2D eigenvalue weighted by Crippen LogP contribution is -2.28. The molecule has 7 heteroatoms. The first-order valence-electron chi connectivity index (χ1n) is 10.5. The molecule has 3 aromatic heterocycles. The van der Waals surface area contributed by atoms with Crippen LogP contribution in [-0.4, -0.2) is 39.4 Å². The van der Waals surface area contributed by atoms with Crippen molar-refractivity contribution in [3.8, 4) is 10.4 Å². The van der Waals surface area contributed by atoms with Crippen molar-refractivity contribution in [1.82, 2.24) is 15.3 Å². The van der Waals surface area contributed by atoms with E-state index in [-0.39, 0.29) is 6.61 Å². The molecule has 0 aliphatic rings. The molecule has 5 aromatic rings. The number of benzene rings is 2. The summed E-state index contributed by atoms with van der Waals surface area (Å²) in [5, 5.41) is 27.3. The quantitative estimate of drug-likeness (QED) is 0.241. The van der Waals surface area contributed by atoms with Crippen LogP contribution in [0.1, 0.15) is 5.56 Å². The second kappa shape index (κ2) is 9.10. The van der Waals surface area contributed by atoms with Gasteiger partial charge in [0.05, 0.1) is 17.4 Å². The van der Waals surface area contributed by atoms with E-state index >= 15 is 0 Å². The molecule has 1 unspecified atom stereocenters. The topological polar surface area (TPSA) is 93.2 Å². The summed E-state index contributed by atoms with van der Waals surface area (Å²) in [4.78, 5) is 9.00. The Bertz CT molecular complexity index is 1340. The predicted octanol–water partition coefficient (Wildman–Crippen LogP) is 4.63. The SMILES string of the molecule is OCC(O)CNCc1ccc(-c2cc3ccnc(Nc4ccc5[nH]ccc5c4)c3s2)cc1. The summed E-state index contributed by atoms with van der Waals surface area (Å²) in [6.07, 6.45) is 3.05. The number of rotatable bonds is 8. The van der Waals surface area contributed by atoms with E-state index in [2.05, 4.69) is 75.2 Å². The monoisotopic (exact) mass is 444 g/mol. The largest absolute Gasteiger partial charge is 0.394 e. The molecular weight excluding hydrogens is 420 g/mol. The number of nitrogens with zero attached hydrogens (tertiary/aromatic N) is 1. The standard InChI is InChI=1S/C25H24N4O2S/c30-15-21(31)14-26-13-16-1-3-17(4-2-16)23-12-19-8-10-28-25(24(19)32-23)29-20-5-6-22-18(11-20)7-9-27-22/h1-12,21,26-27,30-31H,13-15H2,(H,28,29). The van der Waals surface area contributed by atoms with E-state index in [4.69, 9.17) is 5.11 Å². The van der Waals surface area contributed by atoms with Crippen LogP contribution in [0.2, 0.25) is 0 Å². The number of thiophene rings is 1. The molecular formula is C25H24N4O2S. The first-order valence-corrected chi connectivity index (χ1v) is 11.3. The maximum Gasteiger partial charge on any atom is 0.148 e. The van der Waals surface area contributed by atoms with Gasteiger partial charge in [-0.25, -0.2) is 4.98 Å². The van der Waals surface area contributed by atoms with Gasteiger partial charge in [-0.1, -0.05) is 24.3 Å². The van der Waals surface area contributed by atoms with Crippen molar-refractivity contribution in [1.29, 1.82) is 0 Å². The van der Waals surface area contributed by atoms with E-state index in [0.29, 0.717) is 13.1 Å². The molecule has 5 rings (SSSR count). The van der Waals surface area contributed by atoms with Crippen LogP contribution in [0.5, 0.6) is 0 Å². The minimum absolute atomic E-state index is 0.232. The maximum absolute atomic E-state index is 9.43. The van der Waals surface area contributed by atoms with E-state index in [1.807, 2.05) is 18.5 Å². The highest BCUT2D eigenvalue weighted by Crippen LogP contribution is 2.37. The van der Waals surface area contributed by atoms with Gasteiger partial charge in [-0.3, -0.25) is 0 Å². The Labute approximate surface area is 189 Å². The molecule has 0 saturated heterocycles. The molecule has 3 heterocycles. The molecule has 32 heavy (non-hydrogen) atoms. The lowest BCUT2D eigenvalue weighted by atomic mass is 10.1. The summed E-state index contributed by atoms with van der Waals surface area (Å²) in [6, 6.07) is 20.9. The number of hydrogen-bond donors (Lipinski definition) is 5.